The molecular weight excluding hydrogens is 570 g/mol. The number of nitrogens with one attached hydrogen (secondary N) is 1. The first kappa shape index (κ1) is 28.2. The number of rotatable bonds is 10. The summed E-state index contributed by atoms with van der Waals surface area (Å²) in [5, 5.41) is 0. The number of nitrogen functional groups attached to an aromatic ring is 1. The van der Waals surface area contributed by atoms with Crippen molar-refractivity contribution in [3.05, 3.63) is 16.7 Å². The second-order valence-electron chi connectivity index (χ2n) is 6.66. The maximum atomic E-state index is 12.0. The van der Waals surface area contributed by atoms with Crippen LogP contribution < -0.4 is 11.3 Å². The van der Waals surface area contributed by atoms with E-state index in [2.05, 4.69) is 28.1 Å². The molecule has 0 amide bonds. The maximum absolute atomic E-state index is 12.0. The first-order valence-electron chi connectivity index (χ1n) is 8.74. The number of hydrogen-bond donors (Lipinski definition) is 8. The summed E-state index contributed by atoms with van der Waals surface area (Å²) in [5.74, 6) is -0.305. The number of fused-ring (bicyclic) bond motifs is 1. The predicted octanol–water partition coefficient (Wildman–Crippen LogP) is -1.19. The van der Waals surface area contributed by atoms with E-state index < -0.39 is 68.3 Å². The highest BCUT2D eigenvalue weighted by molar-refractivity contribution is 7.61. The number of phosphoric ester groups is 2. The molecule has 0 spiro atoms. The van der Waals surface area contributed by atoms with Gasteiger partial charge < -0.3 is 39.8 Å². The van der Waals surface area contributed by atoms with Crippen molar-refractivity contribution < 1.29 is 70.0 Å². The summed E-state index contributed by atoms with van der Waals surface area (Å²) in [6.45, 7) is -1.06. The van der Waals surface area contributed by atoms with Gasteiger partial charge in [0.15, 0.2) is 11.2 Å². The van der Waals surface area contributed by atoms with E-state index in [9.17, 15) is 32.8 Å². The van der Waals surface area contributed by atoms with Crippen molar-refractivity contribution in [2.24, 2.45) is 0 Å². The van der Waals surface area contributed by atoms with Gasteiger partial charge in [-0.3, -0.25) is 23.4 Å². The summed E-state index contributed by atoms with van der Waals surface area (Å²) in [5.41, 5.74) is 4.48. The number of nitrogens with zero attached hydrogens (tertiary/aromatic N) is 3. The molecule has 1 saturated heterocycles. The molecule has 21 nitrogen and oxygen atoms in total. The molecule has 2 aromatic heterocycles. The third-order valence-electron chi connectivity index (χ3n) is 4.03. The van der Waals surface area contributed by atoms with E-state index in [4.69, 9.17) is 34.6 Å². The fourth-order valence-corrected chi connectivity index (χ4v) is 6.33. The Morgan fingerprint density at radius 3 is 2.29 bits per heavy atom. The van der Waals surface area contributed by atoms with E-state index in [1.165, 1.54) is 0 Å². The van der Waals surface area contributed by atoms with E-state index in [0.29, 0.717) is 0 Å². The Bertz CT molecular complexity index is 1350. The number of imidazole rings is 1. The lowest BCUT2D eigenvalue weighted by Crippen LogP contribution is -2.28. The molecule has 0 aromatic carbocycles. The summed E-state index contributed by atoms with van der Waals surface area (Å²) in [7, 11) is -21.8. The average molecular weight is 587 g/mol. The number of H-pyrrole nitrogens is 1. The Hall–Kier alpha value is -1.37. The highest BCUT2D eigenvalue weighted by Crippen LogP contribution is 2.60. The third-order valence-corrected chi connectivity index (χ3v) is 8.40. The first-order chi connectivity index (χ1) is 15.8. The zero-order valence-corrected chi connectivity index (χ0v) is 20.3. The van der Waals surface area contributed by atoms with Gasteiger partial charge in [0.2, 0.25) is 5.95 Å². The molecule has 0 saturated carbocycles. The van der Waals surface area contributed by atoms with E-state index >= 15 is 0 Å². The minimum Gasteiger partial charge on any atom is -0.369 e. The van der Waals surface area contributed by atoms with Gasteiger partial charge in [0.1, 0.15) is 18.4 Å². The van der Waals surface area contributed by atoms with Crippen LogP contribution in [0.5, 0.6) is 0 Å². The summed E-state index contributed by atoms with van der Waals surface area (Å²) in [6.07, 6.45) is -3.90. The minimum absolute atomic E-state index is 0.118. The van der Waals surface area contributed by atoms with Gasteiger partial charge in [-0.05, 0) is 0 Å². The largest absolute Gasteiger partial charge is 0.481 e. The lowest BCUT2D eigenvalue weighted by Gasteiger charge is -2.22. The molecule has 3 rings (SSSR count). The molecule has 35 heavy (non-hydrogen) atoms. The van der Waals surface area contributed by atoms with Crippen molar-refractivity contribution in [2.75, 3.05) is 12.3 Å². The quantitative estimate of drug-likeness (QED) is 0.151. The molecule has 198 valence electrons. The molecule has 3 unspecified atom stereocenters. The number of anilines is 1. The van der Waals surface area contributed by atoms with Gasteiger partial charge in [0.25, 0.3) is 5.56 Å². The lowest BCUT2D eigenvalue weighted by molar-refractivity contribution is -0.0416. The average Bonchev–Trinajstić information content (AvgIpc) is 3.19. The molecule has 1 aliphatic rings. The van der Waals surface area contributed by atoms with E-state index in [-0.39, 0.29) is 17.1 Å². The summed E-state index contributed by atoms with van der Waals surface area (Å²) in [4.78, 5) is 75.9. The van der Waals surface area contributed by atoms with Crippen LogP contribution in [-0.2, 0) is 40.7 Å². The van der Waals surface area contributed by atoms with Crippen molar-refractivity contribution in [1.82, 2.24) is 19.5 Å². The second kappa shape index (κ2) is 9.83. The second-order valence-corrected chi connectivity index (χ2v) is 12.3. The molecule has 1 aliphatic heterocycles. The van der Waals surface area contributed by atoms with Gasteiger partial charge in [0, 0.05) is 6.42 Å². The molecule has 25 heteroatoms. The highest BCUT2D eigenvalue weighted by atomic mass is 31.3. The standard InChI is InChI=1S/C10H17N5O16P4/c11-10-13-8-7(9(16)14-10)12-3-15(8)6-1-4(29-35(25,26)31-33(20,21)22)5(28-6)2-27-34(23,24)30-32(17,18)19/h3-6H,1-2H2,(H,23,24)(H,25,26)(H2,17,18,19)(H2,20,21,22)(H3,11,13,14,16)/t4?,5-,6-/m1/s1. The van der Waals surface area contributed by atoms with Crippen LogP contribution in [0.25, 0.3) is 11.2 Å². The Morgan fingerprint density at radius 2 is 1.69 bits per heavy atom. The van der Waals surface area contributed by atoms with Crippen LogP contribution >= 0.6 is 31.3 Å². The number of aromatic amines is 1. The van der Waals surface area contributed by atoms with Gasteiger partial charge in [-0.15, -0.1) is 0 Å². The normalized spacial score (nSPS) is 24.9. The van der Waals surface area contributed by atoms with Crippen molar-refractivity contribution in [1.29, 1.82) is 0 Å². The monoisotopic (exact) mass is 587 g/mol. The minimum atomic E-state index is -5.51. The molecule has 1 fully saturated rings. The molecule has 3 heterocycles. The summed E-state index contributed by atoms with van der Waals surface area (Å²) < 4.78 is 68.6. The first-order valence-corrected chi connectivity index (χ1v) is 14.8. The van der Waals surface area contributed by atoms with E-state index in [1.54, 1.807) is 0 Å². The lowest BCUT2D eigenvalue weighted by atomic mass is 10.2. The smallest absolute Gasteiger partial charge is 0.369 e. The van der Waals surface area contributed by atoms with Crippen LogP contribution in [0.3, 0.4) is 0 Å². The zero-order chi connectivity index (χ0) is 26.4. The molecular formula is C10H17N5O16P4. The Labute approximate surface area is 192 Å². The van der Waals surface area contributed by atoms with Crippen LogP contribution in [-0.4, -0.2) is 67.7 Å². The van der Waals surface area contributed by atoms with Crippen LogP contribution in [0.1, 0.15) is 12.6 Å². The molecule has 2 aromatic rings. The molecule has 0 bridgehead atoms. The molecule has 0 aliphatic carbocycles. The van der Waals surface area contributed by atoms with Crippen molar-refractivity contribution in [3.63, 3.8) is 0 Å². The Morgan fingerprint density at radius 1 is 1.09 bits per heavy atom. The van der Waals surface area contributed by atoms with Gasteiger partial charge in [0.05, 0.1) is 12.9 Å². The van der Waals surface area contributed by atoms with Crippen LogP contribution in [0.15, 0.2) is 11.1 Å². The maximum Gasteiger partial charge on any atom is 0.481 e. The van der Waals surface area contributed by atoms with Crippen molar-refractivity contribution in [3.8, 4) is 0 Å². The molecule has 5 atom stereocenters. The number of hydrogen-bond acceptors (Lipinski definition) is 13. The zero-order valence-electron chi connectivity index (χ0n) is 16.7. The van der Waals surface area contributed by atoms with Crippen LogP contribution in [0.2, 0.25) is 0 Å². The van der Waals surface area contributed by atoms with Gasteiger partial charge in [-0.2, -0.15) is 13.6 Å². The van der Waals surface area contributed by atoms with Crippen LogP contribution in [0, 0.1) is 0 Å². The number of phosphoric acid groups is 4. The molecule has 0 radical (unpaired) electrons. The predicted molar refractivity (Wildman–Crippen MR) is 108 cm³/mol. The summed E-state index contributed by atoms with van der Waals surface area (Å²) in [6, 6.07) is 0. The number of nitrogens with two attached hydrogens (primary N) is 1. The third kappa shape index (κ3) is 7.80. The van der Waals surface area contributed by atoms with E-state index in [0.717, 1.165) is 10.9 Å². The topological polar surface area (TPSA) is 325 Å². The molecule has 9 N–H and O–H groups in total. The Balaban J connectivity index is 1.88. The Kier molecular flexibility index (Phi) is 7.92. The van der Waals surface area contributed by atoms with Crippen molar-refractivity contribution in [2.45, 2.75) is 24.9 Å². The van der Waals surface area contributed by atoms with Crippen LogP contribution in [0.4, 0.5) is 5.95 Å². The fourth-order valence-electron chi connectivity index (χ4n) is 2.94. The summed E-state index contributed by atoms with van der Waals surface area (Å²) >= 11 is 0. The number of aromatic nitrogens is 4. The highest BCUT2D eigenvalue weighted by Gasteiger charge is 2.45. The van der Waals surface area contributed by atoms with E-state index in [1.807, 2.05) is 0 Å². The SMILES string of the molecule is Nc1nc2c(ncn2[C@H]2CC(OP(=O)(O)OP(=O)(O)O)[C@@H](COP(=O)(O)OP(=O)(O)O)O2)c(=O)[nH]1. The van der Waals surface area contributed by atoms with Gasteiger partial charge in [-0.25, -0.2) is 23.2 Å². The van der Waals surface area contributed by atoms with Gasteiger partial charge in [-0.1, -0.05) is 0 Å². The number of ether oxygens (including phenoxy) is 1. The van der Waals surface area contributed by atoms with Gasteiger partial charge >= 0.3 is 31.3 Å². The van der Waals surface area contributed by atoms with Crippen molar-refractivity contribution >= 4 is 48.4 Å². The fraction of sp³-hybridized carbons (Fsp3) is 0.500.